The van der Waals surface area contributed by atoms with Crippen molar-refractivity contribution >= 4 is 10.0 Å². The number of nitrogens with one attached hydrogen (secondary N) is 1. The van der Waals surface area contributed by atoms with Crippen molar-refractivity contribution in [2.45, 2.75) is 62.5 Å². The van der Waals surface area contributed by atoms with Gasteiger partial charge < -0.3 is 14.2 Å². The fourth-order valence-electron chi connectivity index (χ4n) is 4.42. The second-order valence-corrected chi connectivity index (χ2v) is 10.3. The smallest absolute Gasteiger partial charge is 0.244 e. The molecule has 0 bridgehead atoms. The summed E-state index contributed by atoms with van der Waals surface area (Å²) in [6, 6.07) is 8.74. The number of fused-ring (bicyclic) bond motifs is 2. The molecule has 1 unspecified atom stereocenters. The van der Waals surface area contributed by atoms with E-state index in [1.165, 1.54) is 12.7 Å². The Morgan fingerprint density at radius 2 is 1.73 bits per heavy atom. The van der Waals surface area contributed by atoms with Crippen molar-refractivity contribution in [3.63, 3.8) is 0 Å². The Labute approximate surface area is 178 Å². The quantitative estimate of drug-likeness (QED) is 0.769. The number of methoxy groups -OCH3 is 2. The predicted molar refractivity (Wildman–Crippen MR) is 115 cm³/mol. The fraction of sp³-hybridized carbons (Fsp3) is 0.478. The van der Waals surface area contributed by atoms with Gasteiger partial charge in [0.05, 0.1) is 20.3 Å². The number of rotatable bonds is 5. The SMILES string of the molecule is COc1ccc2c(c1)OC(C)(C)CC2NS(=O)(=O)c1cc2c(cc1OC)CCCC2. The van der Waals surface area contributed by atoms with E-state index >= 15 is 0 Å². The van der Waals surface area contributed by atoms with Gasteiger partial charge in [-0.3, -0.25) is 0 Å². The fourth-order valence-corrected chi connectivity index (χ4v) is 5.84. The third-order valence-electron chi connectivity index (χ3n) is 5.89. The van der Waals surface area contributed by atoms with Crippen molar-refractivity contribution in [2.24, 2.45) is 0 Å². The number of sulfonamides is 1. The molecular formula is C23H29NO5S. The zero-order valence-electron chi connectivity index (χ0n) is 17.9. The molecule has 0 amide bonds. The lowest BCUT2D eigenvalue weighted by Crippen LogP contribution is -2.41. The van der Waals surface area contributed by atoms with Gasteiger partial charge in [-0.05, 0) is 68.9 Å². The van der Waals surface area contributed by atoms with Crippen LogP contribution in [0.25, 0.3) is 0 Å². The molecule has 1 aliphatic carbocycles. The molecule has 30 heavy (non-hydrogen) atoms. The minimum absolute atomic E-state index is 0.199. The monoisotopic (exact) mass is 431 g/mol. The zero-order valence-corrected chi connectivity index (χ0v) is 18.8. The van der Waals surface area contributed by atoms with Crippen LogP contribution in [0, 0.1) is 0 Å². The number of hydrogen-bond donors (Lipinski definition) is 1. The molecule has 0 saturated carbocycles. The third kappa shape index (κ3) is 4.01. The Kier molecular flexibility index (Phi) is 5.45. The molecule has 7 heteroatoms. The second kappa shape index (κ2) is 7.78. The first-order chi connectivity index (χ1) is 14.2. The molecule has 0 radical (unpaired) electrons. The van der Waals surface area contributed by atoms with Gasteiger partial charge in [-0.15, -0.1) is 0 Å². The van der Waals surface area contributed by atoms with Gasteiger partial charge in [0, 0.05) is 18.1 Å². The lowest BCUT2D eigenvalue weighted by molar-refractivity contribution is 0.0698. The van der Waals surface area contributed by atoms with Crippen LogP contribution in [0.4, 0.5) is 0 Å². The van der Waals surface area contributed by atoms with Crippen LogP contribution in [0.1, 0.15) is 55.8 Å². The summed E-state index contributed by atoms with van der Waals surface area (Å²) in [4.78, 5) is 0.199. The first-order valence-corrected chi connectivity index (χ1v) is 11.8. The van der Waals surface area contributed by atoms with Gasteiger partial charge in [0.15, 0.2) is 0 Å². The summed E-state index contributed by atoms with van der Waals surface area (Å²) >= 11 is 0. The van der Waals surface area contributed by atoms with Crippen molar-refractivity contribution < 1.29 is 22.6 Å². The number of benzene rings is 2. The normalized spacial score (nSPS) is 19.9. The van der Waals surface area contributed by atoms with Crippen LogP contribution < -0.4 is 18.9 Å². The maximum atomic E-state index is 13.5. The molecule has 1 heterocycles. The molecule has 2 aromatic rings. The molecule has 4 rings (SSSR count). The van der Waals surface area contributed by atoms with Crippen LogP contribution >= 0.6 is 0 Å². The minimum Gasteiger partial charge on any atom is -0.497 e. The summed E-state index contributed by atoms with van der Waals surface area (Å²) in [5.41, 5.74) is 2.56. The topological polar surface area (TPSA) is 73.9 Å². The van der Waals surface area contributed by atoms with Crippen molar-refractivity contribution in [1.82, 2.24) is 4.72 Å². The first kappa shape index (κ1) is 21.0. The maximum absolute atomic E-state index is 13.5. The number of ether oxygens (including phenoxy) is 3. The van der Waals surface area contributed by atoms with Crippen molar-refractivity contribution in [1.29, 1.82) is 0 Å². The van der Waals surface area contributed by atoms with E-state index < -0.39 is 21.7 Å². The van der Waals surface area contributed by atoms with Gasteiger partial charge >= 0.3 is 0 Å². The van der Waals surface area contributed by atoms with Crippen LogP contribution in [0.3, 0.4) is 0 Å². The summed E-state index contributed by atoms with van der Waals surface area (Å²) in [5.74, 6) is 1.70. The zero-order chi connectivity index (χ0) is 21.5. The average Bonchev–Trinajstić information content (AvgIpc) is 2.71. The molecule has 0 fully saturated rings. The highest BCUT2D eigenvalue weighted by atomic mass is 32.2. The molecule has 1 atom stereocenters. The van der Waals surface area contributed by atoms with E-state index in [-0.39, 0.29) is 4.90 Å². The molecular weight excluding hydrogens is 402 g/mol. The third-order valence-corrected chi connectivity index (χ3v) is 7.39. The summed E-state index contributed by atoms with van der Waals surface area (Å²) in [6.45, 7) is 3.91. The van der Waals surface area contributed by atoms with Gasteiger partial charge in [-0.2, -0.15) is 0 Å². The molecule has 6 nitrogen and oxygen atoms in total. The molecule has 0 aromatic heterocycles. The minimum atomic E-state index is -3.81. The van der Waals surface area contributed by atoms with Crippen LogP contribution in [0.15, 0.2) is 35.2 Å². The summed E-state index contributed by atoms with van der Waals surface area (Å²) < 4.78 is 46.7. The van der Waals surface area contributed by atoms with E-state index in [2.05, 4.69) is 4.72 Å². The van der Waals surface area contributed by atoms with Crippen molar-refractivity contribution in [3.05, 3.63) is 47.0 Å². The molecule has 0 spiro atoms. The van der Waals surface area contributed by atoms with Gasteiger partial charge in [-0.1, -0.05) is 6.07 Å². The molecule has 1 aliphatic heterocycles. The molecule has 2 aromatic carbocycles. The van der Waals surface area contributed by atoms with E-state index in [1.54, 1.807) is 19.2 Å². The molecule has 2 aliphatic rings. The van der Waals surface area contributed by atoms with E-state index in [4.69, 9.17) is 14.2 Å². The van der Waals surface area contributed by atoms with Crippen molar-refractivity contribution in [2.75, 3.05) is 14.2 Å². The average molecular weight is 432 g/mol. The highest BCUT2D eigenvalue weighted by Crippen LogP contribution is 2.42. The Hall–Kier alpha value is -2.25. The molecule has 0 saturated heterocycles. The van der Waals surface area contributed by atoms with E-state index in [0.29, 0.717) is 23.7 Å². The standard InChI is InChI=1S/C23H29NO5S/c1-23(2)14-19(18-10-9-17(27-3)13-20(18)29-23)24-30(25,26)22-12-16-8-6-5-7-15(16)11-21(22)28-4/h9-13,19,24H,5-8,14H2,1-4H3. The maximum Gasteiger partial charge on any atom is 0.244 e. The highest BCUT2D eigenvalue weighted by Gasteiger charge is 2.37. The Bertz CT molecular complexity index is 1060. The van der Waals surface area contributed by atoms with E-state index in [0.717, 1.165) is 36.8 Å². The number of hydrogen-bond acceptors (Lipinski definition) is 5. The first-order valence-electron chi connectivity index (χ1n) is 10.3. The lowest BCUT2D eigenvalue weighted by atomic mass is 9.90. The summed E-state index contributed by atoms with van der Waals surface area (Å²) in [6.07, 6.45) is 4.57. The van der Waals surface area contributed by atoms with Crippen LogP contribution in [0.2, 0.25) is 0 Å². The van der Waals surface area contributed by atoms with E-state index in [9.17, 15) is 8.42 Å². The second-order valence-electron chi connectivity index (χ2n) is 8.62. The Morgan fingerprint density at radius 3 is 2.40 bits per heavy atom. The Morgan fingerprint density at radius 1 is 1.03 bits per heavy atom. The van der Waals surface area contributed by atoms with E-state index in [1.807, 2.05) is 32.0 Å². The largest absolute Gasteiger partial charge is 0.497 e. The van der Waals surface area contributed by atoms with Crippen LogP contribution in [0.5, 0.6) is 17.2 Å². The van der Waals surface area contributed by atoms with Crippen LogP contribution in [-0.4, -0.2) is 28.2 Å². The lowest BCUT2D eigenvalue weighted by Gasteiger charge is -2.38. The van der Waals surface area contributed by atoms with Gasteiger partial charge in [0.2, 0.25) is 10.0 Å². The van der Waals surface area contributed by atoms with Crippen LogP contribution in [-0.2, 0) is 22.9 Å². The van der Waals surface area contributed by atoms with Gasteiger partial charge in [0.1, 0.15) is 27.7 Å². The van der Waals surface area contributed by atoms with Crippen molar-refractivity contribution in [3.8, 4) is 17.2 Å². The summed E-state index contributed by atoms with van der Waals surface area (Å²) in [5, 5.41) is 0. The molecule has 162 valence electrons. The predicted octanol–water partition coefficient (Wildman–Crippen LogP) is 4.16. The highest BCUT2D eigenvalue weighted by molar-refractivity contribution is 7.89. The number of aryl methyl sites for hydroxylation is 2. The van der Waals surface area contributed by atoms with Gasteiger partial charge in [0.25, 0.3) is 0 Å². The summed E-state index contributed by atoms with van der Waals surface area (Å²) in [7, 11) is -0.694. The Balaban J connectivity index is 1.72. The van der Waals surface area contributed by atoms with Gasteiger partial charge in [-0.25, -0.2) is 13.1 Å². The molecule has 1 N–H and O–H groups in total.